The molecule has 0 N–H and O–H groups in total. The van der Waals surface area contributed by atoms with Gasteiger partial charge in [0, 0.05) is 6.07 Å². The predicted molar refractivity (Wildman–Crippen MR) is 79.1 cm³/mol. The van der Waals surface area contributed by atoms with E-state index in [1.54, 1.807) is 12.1 Å². The molecular formula is C16H18ClNO. The van der Waals surface area contributed by atoms with Crippen molar-refractivity contribution in [3.8, 4) is 11.6 Å². The highest BCUT2D eigenvalue weighted by atomic mass is 35.5. The minimum Gasteiger partial charge on any atom is -0.439 e. The van der Waals surface area contributed by atoms with E-state index in [4.69, 9.17) is 16.3 Å². The van der Waals surface area contributed by atoms with Crippen molar-refractivity contribution >= 4 is 11.6 Å². The molecule has 0 aliphatic carbocycles. The predicted octanol–water partition coefficient (Wildman–Crippen LogP) is 5.21. The normalized spacial score (nSPS) is 11.4. The molecule has 0 saturated carbocycles. The first-order valence-corrected chi connectivity index (χ1v) is 6.80. The first-order valence-electron chi connectivity index (χ1n) is 6.42. The van der Waals surface area contributed by atoms with Gasteiger partial charge in [0.15, 0.2) is 0 Å². The van der Waals surface area contributed by atoms with E-state index in [1.165, 1.54) is 5.56 Å². The minimum absolute atomic E-state index is 0.187. The molecule has 0 bridgehead atoms. The minimum atomic E-state index is 0.187. The highest BCUT2D eigenvalue weighted by molar-refractivity contribution is 6.29. The Morgan fingerprint density at radius 1 is 1.11 bits per heavy atom. The molecule has 0 amide bonds. The highest BCUT2D eigenvalue weighted by Crippen LogP contribution is 2.29. The van der Waals surface area contributed by atoms with Gasteiger partial charge >= 0.3 is 0 Å². The van der Waals surface area contributed by atoms with Crippen LogP contribution >= 0.6 is 11.6 Å². The van der Waals surface area contributed by atoms with Crippen LogP contribution in [-0.2, 0) is 5.41 Å². The van der Waals surface area contributed by atoms with Crippen molar-refractivity contribution in [2.24, 2.45) is 0 Å². The van der Waals surface area contributed by atoms with E-state index in [0.29, 0.717) is 11.0 Å². The molecule has 2 aromatic rings. The Morgan fingerprint density at radius 2 is 1.79 bits per heavy atom. The van der Waals surface area contributed by atoms with Crippen molar-refractivity contribution in [1.82, 2.24) is 4.98 Å². The second kappa shape index (κ2) is 5.62. The van der Waals surface area contributed by atoms with Gasteiger partial charge in [-0.3, -0.25) is 0 Å². The van der Waals surface area contributed by atoms with Crippen molar-refractivity contribution in [1.29, 1.82) is 0 Å². The maximum atomic E-state index is 5.82. The van der Waals surface area contributed by atoms with E-state index < -0.39 is 0 Å². The molecule has 0 spiro atoms. The van der Waals surface area contributed by atoms with Gasteiger partial charge in [0.1, 0.15) is 10.9 Å². The third kappa shape index (κ3) is 3.48. The molecule has 1 aromatic carbocycles. The van der Waals surface area contributed by atoms with Gasteiger partial charge in [-0.2, -0.15) is 0 Å². The third-order valence-electron chi connectivity index (χ3n) is 3.43. The molecule has 0 radical (unpaired) electrons. The van der Waals surface area contributed by atoms with E-state index in [-0.39, 0.29) is 5.41 Å². The van der Waals surface area contributed by atoms with Gasteiger partial charge in [0.2, 0.25) is 5.88 Å². The number of nitrogens with zero attached hydrogens (tertiary/aromatic N) is 1. The maximum absolute atomic E-state index is 5.82. The van der Waals surface area contributed by atoms with E-state index >= 15 is 0 Å². The summed E-state index contributed by atoms with van der Waals surface area (Å²) in [5.41, 5.74) is 1.49. The first kappa shape index (κ1) is 13.9. The maximum Gasteiger partial charge on any atom is 0.220 e. The number of benzene rings is 1. The Kier molecular flexibility index (Phi) is 4.11. The Bertz CT molecular complexity index is 549. The lowest BCUT2D eigenvalue weighted by Gasteiger charge is -2.23. The number of rotatable bonds is 4. The van der Waals surface area contributed by atoms with Gasteiger partial charge in [-0.25, -0.2) is 4.98 Å². The molecule has 2 nitrogen and oxygen atoms in total. The fourth-order valence-corrected chi connectivity index (χ4v) is 1.90. The monoisotopic (exact) mass is 275 g/mol. The van der Waals surface area contributed by atoms with Gasteiger partial charge in [-0.1, -0.05) is 50.6 Å². The zero-order valence-electron chi connectivity index (χ0n) is 11.5. The summed E-state index contributed by atoms with van der Waals surface area (Å²) in [5.74, 6) is 1.28. The zero-order chi connectivity index (χ0) is 13.9. The molecule has 2 rings (SSSR count). The SMILES string of the molecule is CCC(C)(C)c1ccc(Oc2cccc(Cl)n2)cc1. The van der Waals surface area contributed by atoms with Crippen molar-refractivity contribution < 1.29 is 4.74 Å². The van der Waals surface area contributed by atoms with Gasteiger partial charge in [-0.15, -0.1) is 0 Å². The Labute approximate surface area is 119 Å². The lowest BCUT2D eigenvalue weighted by Crippen LogP contribution is -2.14. The van der Waals surface area contributed by atoms with E-state index in [0.717, 1.165) is 12.2 Å². The first-order chi connectivity index (χ1) is 9.01. The standard InChI is InChI=1S/C16H18ClNO/c1-4-16(2,3)12-8-10-13(11-9-12)19-15-7-5-6-14(17)18-15/h5-11H,4H2,1-3H3. The van der Waals surface area contributed by atoms with Crippen LogP contribution in [0.1, 0.15) is 32.8 Å². The fraction of sp³-hybridized carbons (Fsp3) is 0.312. The molecule has 0 aliphatic heterocycles. The smallest absolute Gasteiger partial charge is 0.220 e. The van der Waals surface area contributed by atoms with Crippen molar-refractivity contribution in [2.45, 2.75) is 32.6 Å². The number of hydrogen-bond donors (Lipinski definition) is 0. The quantitative estimate of drug-likeness (QED) is 0.714. The molecular weight excluding hydrogens is 258 g/mol. The molecule has 0 aliphatic rings. The lowest BCUT2D eigenvalue weighted by atomic mass is 9.82. The zero-order valence-corrected chi connectivity index (χ0v) is 12.2. The van der Waals surface area contributed by atoms with Crippen molar-refractivity contribution in [3.63, 3.8) is 0 Å². The Balaban J connectivity index is 2.15. The van der Waals surface area contributed by atoms with Gasteiger partial charge < -0.3 is 4.74 Å². The average molecular weight is 276 g/mol. The topological polar surface area (TPSA) is 22.1 Å². The van der Waals surface area contributed by atoms with Crippen LogP contribution in [0.15, 0.2) is 42.5 Å². The summed E-state index contributed by atoms with van der Waals surface area (Å²) in [5, 5.41) is 0.432. The number of halogens is 1. The summed E-state index contributed by atoms with van der Waals surface area (Å²) in [6.07, 6.45) is 1.10. The second-order valence-corrected chi connectivity index (χ2v) is 5.55. The Morgan fingerprint density at radius 3 is 2.37 bits per heavy atom. The van der Waals surface area contributed by atoms with E-state index in [1.807, 2.05) is 18.2 Å². The molecule has 0 unspecified atom stereocenters. The Hall–Kier alpha value is -1.54. The van der Waals surface area contributed by atoms with Gasteiger partial charge in [-0.05, 0) is 35.6 Å². The van der Waals surface area contributed by atoms with Crippen molar-refractivity contribution in [2.75, 3.05) is 0 Å². The summed E-state index contributed by atoms with van der Waals surface area (Å²) < 4.78 is 5.66. The van der Waals surface area contributed by atoms with E-state index in [9.17, 15) is 0 Å². The van der Waals surface area contributed by atoms with Crippen LogP contribution in [0.3, 0.4) is 0 Å². The van der Waals surface area contributed by atoms with Crippen molar-refractivity contribution in [3.05, 3.63) is 53.2 Å². The summed E-state index contributed by atoms with van der Waals surface area (Å²) in [7, 11) is 0. The molecule has 0 saturated heterocycles. The number of pyridine rings is 1. The lowest BCUT2D eigenvalue weighted by molar-refractivity contribution is 0.460. The molecule has 19 heavy (non-hydrogen) atoms. The van der Waals surface area contributed by atoms with Crippen LogP contribution in [0.2, 0.25) is 5.15 Å². The largest absolute Gasteiger partial charge is 0.439 e. The summed E-state index contributed by atoms with van der Waals surface area (Å²) in [4.78, 5) is 4.10. The number of aromatic nitrogens is 1. The van der Waals surface area contributed by atoms with Crippen LogP contribution in [0, 0.1) is 0 Å². The summed E-state index contributed by atoms with van der Waals surface area (Å²) in [6.45, 7) is 6.67. The number of hydrogen-bond acceptors (Lipinski definition) is 2. The molecule has 1 aromatic heterocycles. The molecule has 3 heteroatoms. The van der Waals surface area contributed by atoms with Crippen LogP contribution in [-0.4, -0.2) is 4.98 Å². The van der Waals surface area contributed by atoms with Crippen LogP contribution in [0.25, 0.3) is 0 Å². The number of ether oxygens (including phenoxy) is 1. The second-order valence-electron chi connectivity index (χ2n) is 5.16. The van der Waals surface area contributed by atoms with Gasteiger partial charge in [0.25, 0.3) is 0 Å². The molecule has 0 atom stereocenters. The molecule has 0 fully saturated rings. The van der Waals surface area contributed by atoms with Crippen LogP contribution < -0.4 is 4.74 Å². The summed E-state index contributed by atoms with van der Waals surface area (Å²) in [6, 6.07) is 13.5. The van der Waals surface area contributed by atoms with Gasteiger partial charge in [0.05, 0.1) is 0 Å². The summed E-state index contributed by atoms with van der Waals surface area (Å²) >= 11 is 5.82. The van der Waals surface area contributed by atoms with Crippen LogP contribution in [0.5, 0.6) is 11.6 Å². The fourth-order valence-electron chi connectivity index (χ4n) is 1.75. The molecule has 100 valence electrons. The average Bonchev–Trinajstić information content (AvgIpc) is 2.39. The third-order valence-corrected chi connectivity index (χ3v) is 3.64. The molecule has 1 heterocycles. The van der Waals surface area contributed by atoms with Crippen LogP contribution in [0.4, 0.5) is 0 Å². The highest BCUT2D eigenvalue weighted by Gasteiger charge is 2.17. The van der Waals surface area contributed by atoms with E-state index in [2.05, 4.69) is 37.9 Å².